The summed E-state index contributed by atoms with van der Waals surface area (Å²) in [6.45, 7) is 9.70. The van der Waals surface area contributed by atoms with Gasteiger partial charge in [0.2, 0.25) is 0 Å². The molecule has 1 saturated heterocycles. The van der Waals surface area contributed by atoms with Crippen LogP contribution in [0.2, 0.25) is 0 Å². The summed E-state index contributed by atoms with van der Waals surface area (Å²) < 4.78 is 0. The van der Waals surface area contributed by atoms with Crippen molar-refractivity contribution in [2.24, 2.45) is 5.92 Å². The van der Waals surface area contributed by atoms with E-state index < -0.39 is 0 Å². The van der Waals surface area contributed by atoms with Gasteiger partial charge < -0.3 is 15.5 Å². The van der Waals surface area contributed by atoms with Crippen molar-refractivity contribution in [3.8, 4) is 0 Å². The molecule has 82 valence electrons. The molecular formula is C10H25NO2. The monoisotopic (exact) mass is 191 g/mol. The summed E-state index contributed by atoms with van der Waals surface area (Å²) in [6.07, 6.45) is 0.486. The van der Waals surface area contributed by atoms with Crippen LogP contribution in [0, 0.1) is 5.92 Å². The number of β-amino-alcohol motifs (C(OH)–C–C–N with tert-alkyl or cyclic N) is 1. The number of aliphatic hydroxyl groups is 2. The van der Waals surface area contributed by atoms with E-state index in [-0.39, 0.29) is 18.6 Å². The maximum Gasteiger partial charge on any atom is 0.0668 e. The molecule has 1 aliphatic heterocycles. The van der Waals surface area contributed by atoms with Crippen molar-refractivity contribution in [1.82, 2.24) is 5.32 Å². The predicted molar refractivity (Wildman–Crippen MR) is 56.8 cm³/mol. The Labute approximate surface area is 82.2 Å². The molecule has 2 unspecified atom stereocenters. The number of aliphatic hydroxyl groups excluding tert-OH is 2. The second-order valence-electron chi connectivity index (χ2n) is 2.60. The number of nitrogens with one attached hydrogen (secondary N) is 1. The van der Waals surface area contributed by atoms with Crippen molar-refractivity contribution in [2.75, 3.05) is 19.7 Å². The Balaban J connectivity index is 0. The Morgan fingerprint density at radius 1 is 1.15 bits per heavy atom. The number of rotatable bonds is 1. The third-order valence-electron chi connectivity index (χ3n) is 1.68. The molecule has 0 aromatic rings. The lowest BCUT2D eigenvalue weighted by molar-refractivity contribution is 0.0879. The van der Waals surface area contributed by atoms with E-state index in [0.29, 0.717) is 6.54 Å². The molecule has 1 rings (SSSR count). The fourth-order valence-electron chi connectivity index (χ4n) is 1.14. The Hall–Kier alpha value is -0.120. The molecule has 0 amide bonds. The first-order valence-corrected chi connectivity index (χ1v) is 5.32. The molecule has 0 aliphatic carbocycles. The van der Waals surface area contributed by atoms with Crippen LogP contribution < -0.4 is 5.32 Å². The fourth-order valence-corrected chi connectivity index (χ4v) is 1.14. The van der Waals surface area contributed by atoms with E-state index >= 15 is 0 Å². The van der Waals surface area contributed by atoms with Gasteiger partial charge in [-0.1, -0.05) is 27.7 Å². The number of hydrogen-bond acceptors (Lipinski definition) is 3. The highest BCUT2D eigenvalue weighted by Crippen LogP contribution is 2.08. The molecule has 1 heterocycles. The zero-order valence-electron chi connectivity index (χ0n) is 9.38. The van der Waals surface area contributed by atoms with Gasteiger partial charge in [0.05, 0.1) is 6.10 Å². The molecule has 3 nitrogen and oxygen atoms in total. The lowest BCUT2D eigenvalue weighted by Gasteiger charge is -2.24. The zero-order chi connectivity index (χ0) is 10.7. The van der Waals surface area contributed by atoms with Crippen LogP contribution in [0.1, 0.15) is 34.1 Å². The fraction of sp³-hybridized carbons (Fsp3) is 1.00. The molecular weight excluding hydrogens is 166 g/mol. The van der Waals surface area contributed by atoms with E-state index in [1.165, 1.54) is 0 Å². The predicted octanol–water partition coefficient (Wildman–Crippen LogP) is 1.00. The summed E-state index contributed by atoms with van der Waals surface area (Å²) in [5.74, 6) is 0.258. The van der Waals surface area contributed by atoms with Crippen LogP contribution in [0.25, 0.3) is 0 Å². The highest BCUT2D eigenvalue weighted by molar-refractivity contribution is 4.74. The van der Waals surface area contributed by atoms with Gasteiger partial charge in [0.15, 0.2) is 0 Å². The van der Waals surface area contributed by atoms with E-state index in [2.05, 4.69) is 5.32 Å². The summed E-state index contributed by atoms with van der Waals surface area (Å²) in [7, 11) is 0. The lowest BCUT2D eigenvalue weighted by atomic mass is 9.99. The topological polar surface area (TPSA) is 52.5 Å². The summed E-state index contributed by atoms with van der Waals surface area (Å²) in [4.78, 5) is 0. The summed E-state index contributed by atoms with van der Waals surface area (Å²) in [5, 5.41) is 20.7. The average Bonchev–Trinajstić information content (AvgIpc) is 2.24. The van der Waals surface area contributed by atoms with Gasteiger partial charge in [-0.05, 0) is 12.3 Å². The number of piperidine rings is 1. The van der Waals surface area contributed by atoms with Crippen LogP contribution in [0.3, 0.4) is 0 Å². The van der Waals surface area contributed by atoms with Crippen LogP contribution >= 0.6 is 0 Å². The minimum absolute atomic E-state index is 0.185. The Bertz CT molecular complexity index is 89.0. The molecule has 3 heteroatoms. The quantitative estimate of drug-likeness (QED) is 0.579. The SMILES string of the molecule is CC.CC.OCC1CNCC(O)C1. The summed E-state index contributed by atoms with van der Waals surface area (Å²) >= 11 is 0. The normalized spacial score (nSPS) is 26.3. The van der Waals surface area contributed by atoms with E-state index in [1.807, 2.05) is 27.7 Å². The Morgan fingerprint density at radius 2 is 1.69 bits per heavy atom. The van der Waals surface area contributed by atoms with Crippen LogP contribution in [0.5, 0.6) is 0 Å². The first kappa shape index (κ1) is 15.4. The maximum atomic E-state index is 9.04. The molecule has 13 heavy (non-hydrogen) atoms. The summed E-state index contributed by atoms with van der Waals surface area (Å²) in [6, 6.07) is 0. The first-order chi connectivity index (χ1) is 6.33. The van der Waals surface area contributed by atoms with E-state index in [1.54, 1.807) is 0 Å². The molecule has 0 saturated carbocycles. The third-order valence-corrected chi connectivity index (χ3v) is 1.68. The molecule has 0 bridgehead atoms. The first-order valence-electron chi connectivity index (χ1n) is 5.32. The van der Waals surface area contributed by atoms with Gasteiger partial charge in [0.1, 0.15) is 0 Å². The van der Waals surface area contributed by atoms with Gasteiger partial charge in [-0.15, -0.1) is 0 Å². The highest BCUT2D eigenvalue weighted by atomic mass is 16.3. The smallest absolute Gasteiger partial charge is 0.0668 e. The van der Waals surface area contributed by atoms with Crippen LogP contribution in [0.15, 0.2) is 0 Å². The minimum Gasteiger partial charge on any atom is -0.396 e. The van der Waals surface area contributed by atoms with Crippen molar-refractivity contribution in [3.05, 3.63) is 0 Å². The minimum atomic E-state index is -0.254. The van der Waals surface area contributed by atoms with Crippen molar-refractivity contribution >= 4 is 0 Å². The van der Waals surface area contributed by atoms with Crippen molar-refractivity contribution < 1.29 is 10.2 Å². The summed E-state index contributed by atoms with van der Waals surface area (Å²) in [5.41, 5.74) is 0. The largest absolute Gasteiger partial charge is 0.396 e. The number of hydrogen-bond donors (Lipinski definition) is 3. The van der Waals surface area contributed by atoms with Gasteiger partial charge in [-0.2, -0.15) is 0 Å². The zero-order valence-corrected chi connectivity index (χ0v) is 9.38. The van der Waals surface area contributed by atoms with Crippen molar-refractivity contribution in [1.29, 1.82) is 0 Å². The van der Waals surface area contributed by atoms with Crippen LogP contribution in [0.4, 0.5) is 0 Å². The van der Waals surface area contributed by atoms with Crippen molar-refractivity contribution in [3.63, 3.8) is 0 Å². The third kappa shape index (κ3) is 8.22. The molecule has 0 aromatic carbocycles. The second kappa shape index (κ2) is 11.9. The van der Waals surface area contributed by atoms with Gasteiger partial charge in [-0.3, -0.25) is 0 Å². The standard InChI is InChI=1S/C6H13NO2.2C2H6/c8-4-5-1-6(9)3-7-2-5;2*1-2/h5-9H,1-4H2;2*1-2H3. The lowest BCUT2D eigenvalue weighted by Crippen LogP contribution is -2.40. The van der Waals surface area contributed by atoms with E-state index in [4.69, 9.17) is 10.2 Å². The van der Waals surface area contributed by atoms with Gasteiger partial charge in [0, 0.05) is 19.7 Å². The Kier molecular flexibility index (Phi) is 14.0. The molecule has 3 N–H and O–H groups in total. The van der Waals surface area contributed by atoms with E-state index in [0.717, 1.165) is 13.0 Å². The molecule has 1 fully saturated rings. The molecule has 0 spiro atoms. The van der Waals surface area contributed by atoms with Gasteiger partial charge in [0.25, 0.3) is 0 Å². The van der Waals surface area contributed by atoms with Crippen LogP contribution in [-0.2, 0) is 0 Å². The van der Waals surface area contributed by atoms with Crippen LogP contribution in [-0.4, -0.2) is 36.0 Å². The second-order valence-corrected chi connectivity index (χ2v) is 2.60. The maximum absolute atomic E-state index is 9.04. The molecule has 0 radical (unpaired) electrons. The van der Waals surface area contributed by atoms with E-state index in [9.17, 15) is 0 Å². The van der Waals surface area contributed by atoms with Crippen molar-refractivity contribution in [2.45, 2.75) is 40.2 Å². The Morgan fingerprint density at radius 3 is 2.00 bits per heavy atom. The highest BCUT2D eigenvalue weighted by Gasteiger charge is 2.17. The van der Waals surface area contributed by atoms with Gasteiger partial charge in [-0.25, -0.2) is 0 Å². The molecule has 1 aliphatic rings. The average molecular weight is 191 g/mol. The molecule has 0 aromatic heterocycles. The van der Waals surface area contributed by atoms with Gasteiger partial charge >= 0.3 is 0 Å². The molecule has 2 atom stereocenters.